The number of carbonyl (C=O) groups is 3. The highest BCUT2D eigenvalue weighted by Gasteiger charge is 2.37. The number of benzene rings is 2. The van der Waals surface area contributed by atoms with E-state index in [0.717, 1.165) is 53.9 Å². The van der Waals surface area contributed by atoms with E-state index in [4.69, 9.17) is 11.6 Å². The molecule has 2 aromatic carbocycles. The monoisotopic (exact) mass is 657 g/mol. The number of nitrogens with one attached hydrogen (secondary N) is 1. The van der Waals surface area contributed by atoms with Crippen molar-refractivity contribution in [1.29, 1.82) is 0 Å². The Bertz CT molecular complexity index is 1640. The van der Waals surface area contributed by atoms with Gasteiger partial charge in [-0.15, -0.1) is 11.3 Å². The number of piperazine rings is 1. The van der Waals surface area contributed by atoms with Crippen LogP contribution in [0.3, 0.4) is 0 Å². The van der Waals surface area contributed by atoms with Crippen molar-refractivity contribution >= 4 is 60.8 Å². The molecule has 3 amide bonds. The molecule has 2 atom stereocenters. The van der Waals surface area contributed by atoms with Gasteiger partial charge in [-0.3, -0.25) is 19.3 Å². The van der Waals surface area contributed by atoms with Gasteiger partial charge in [-0.1, -0.05) is 29.8 Å². The molecule has 3 aliphatic rings. The zero-order valence-corrected chi connectivity index (χ0v) is 26.7. The van der Waals surface area contributed by atoms with E-state index in [1.807, 2.05) is 40.1 Å². The van der Waals surface area contributed by atoms with Crippen LogP contribution in [0.4, 0.5) is 0 Å². The molecular formula is C31H36ClN5O5S2. The third-order valence-electron chi connectivity index (χ3n) is 8.72. The molecule has 0 spiro atoms. The molecule has 0 radical (unpaired) electrons. The first-order valence-electron chi connectivity index (χ1n) is 15.0. The van der Waals surface area contributed by atoms with E-state index >= 15 is 0 Å². The summed E-state index contributed by atoms with van der Waals surface area (Å²) in [4.78, 5) is 47.2. The number of nitrogens with zero attached hydrogens (tertiary/aromatic N) is 4. The van der Waals surface area contributed by atoms with E-state index < -0.39 is 16.1 Å². The van der Waals surface area contributed by atoms with E-state index in [-0.39, 0.29) is 34.5 Å². The van der Waals surface area contributed by atoms with Crippen molar-refractivity contribution in [3.05, 3.63) is 65.2 Å². The van der Waals surface area contributed by atoms with Gasteiger partial charge in [-0.05, 0) is 67.5 Å². The highest BCUT2D eigenvalue weighted by atomic mass is 35.5. The lowest BCUT2D eigenvalue weighted by Gasteiger charge is -2.38. The maximum atomic E-state index is 13.5. The van der Waals surface area contributed by atoms with Crippen molar-refractivity contribution in [3.63, 3.8) is 0 Å². The largest absolute Gasteiger partial charge is 0.337 e. The average molecular weight is 658 g/mol. The normalized spacial score (nSPS) is 21.8. The molecule has 3 aromatic rings. The maximum Gasteiger partial charge on any atom is 0.253 e. The molecule has 10 nitrogen and oxygen atoms in total. The highest BCUT2D eigenvalue weighted by Crippen LogP contribution is 2.31. The predicted octanol–water partition coefficient (Wildman–Crippen LogP) is 3.27. The minimum atomic E-state index is -3.93. The lowest BCUT2D eigenvalue weighted by atomic mass is 10.1. The van der Waals surface area contributed by atoms with Crippen molar-refractivity contribution < 1.29 is 22.8 Å². The number of carbonyl (C=O) groups excluding carboxylic acids is 3. The second-order valence-electron chi connectivity index (χ2n) is 11.7. The van der Waals surface area contributed by atoms with Crippen LogP contribution in [-0.2, 0) is 19.6 Å². The van der Waals surface area contributed by atoms with Gasteiger partial charge in [0.15, 0.2) is 0 Å². The topological polar surface area (TPSA) is 110 Å². The summed E-state index contributed by atoms with van der Waals surface area (Å²) >= 11 is 7.18. The average Bonchev–Trinajstić information content (AvgIpc) is 3.67. The first-order valence-corrected chi connectivity index (χ1v) is 17.7. The first-order chi connectivity index (χ1) is 21.2. The molecular weight excluding hydrogens is 622 g/mol. The van der Waals surface area contributed by atoms with Gasteiger partial charge in [0.05, 0.1) is 6.54 Å². The van der Waals surface area contributed by atoms with Gasteiger partial charge in [-0.2, -0.15) is 4.72 Å². The maximum absolute atomic E-state index is 13.5. The molecule has 4 heterocycles. The second kappa shape index (κ2) is 13.1. The van der Waals surface area contributed by atoms with Gasteiger partial charge in [0, 0.05) is 67.1 Å². The minimum Gasteiger partial charge on any atom is -0.337 e. The minimum absolute atomic E-state index is 0.0449. The quantitative estimate of drug-likeness (QED) is 0.398. The number of hydrogen-bond donors (Lipinski definition) is 1. The Kier molecular flexibility index (Phi) is 9.25. The molecule has 234 valence electrons. The third kappa shape index (κ3) is 6.79. The first kappa shape index (κ1) is 31.0. The molecule has 0 aliphatic carbocycles. The Hall–Kier alpha value is -3.03. The molecule has 44 heavy (non-hydrogen) atoms. The number of hydrogen-bond acceptors (Lipinski definition) is 7. The molecule has 0 unspecified atom stereocenters. The predicted molar refractivity (Wildman–Crippen MR) is 170 cm³/mol. The van der Waals surface area contributed by atoms with Gasteiger partial charge >= 0.3 is 0 Å². The lowest BCUT2D eigenvalue weighted by Crippen LogP contribution is -2.56. The van der Waals surface area contributed by atoms with Crippen molar-refractivity contribution in [2.45, 2.75) is 42.0 Å². The fraction of sp³-hybridized carbons (Fsp3) is 0.452. The van der Waals surface area contributed by atoms with Gasteiger partial charge < -0.3 is 14.7 Å². The highest BCUT2D eigenvalue weighted by molar-refractivity contribution is 7.91. The summed E-state index contributed by atoms with van der Waals surface area (Å²) in [5.74, 6) is -0.431. The lowest BCUT2D eigenvalue weighted by molar-refractivity contribution is -0.143. The number of thiophene rings is 1. The Labute approximate surface area is 266 Å². The van der Waals surface area contributed by atoms with E-state index in [2.05, 4.69) is 9.62 Å². The summed E-state index contributed by atoms with van der Waals surface area (Å²) < 4.78 is 29.9. The van der Waals surface area contributed by atoms with Crippen LogP contribution < -0.4 is 4.72 Å². The standard InChI is InChI=1S/C31H36ClN5O5S2/c32-24-10-11-27-23(18-24)19-29(43-27)44(41,42)33-26-9-5-12-36(31(26)40)21-28(38)37-13-4-8-25(37)20-34-14-16-35(17-15-34)30(39)22-6-2-1-3-7-22/h1-3,6-7,10-11,18-19,25-26,33H,4-5,8-9,12-17,20-21H2/t25-,26-/m0/s1. The summed E-state index contributed by atoms with van der Waals surface area (Å²) in [6, 6.07) is 15.2. The number of sulfonamides is 1. The van der Waals surface area contributed by atoms with Crippen LogP contribution in [0.2, 0.25) is 5.02 Å². The molecule has 6 rings (SSSR count). The molecule has 0 bridgehead atoms. The molecule has 3 saturated heterocycles. The van der Waals surface area contributed by atoms with E-state index in [1.165, 1.54) is 4.90 Å². The molecule has 3 aliphatic heterocycles. The molecule has 0 saturated carbocycles. The van der Waals surface area contributed by atoms with Crippen molar-refractivity contribution in [2.24, 2.45) is 0 Å². The molecule has 1 aromatic heterocycles. The Morgan fingerprint density at radius 1 is 0.932 bits per heavy atom. The molecule has 13 heteroatoms. The smallest absolute Gasteiger partial charge is 0.253 e. The fourth-order valence-electron chi connectivity index (χ4n) is 6.38. The summed E-state index contributed by atoms with van der Waals surface area (Å²) in [6.45, 7) is 4.51. The number of amides is 3. The van der Waals surface area contributed by atoms with Crippen LogP contribution in [0, 0.1) is 0 Å². The zero-order valence-electron chi connectivity index (χ0n) is 24.4. The van der Waals surface area contributed by atoms with Gasteiger partial charge in [0.25, 0.3) is 15.9 Å². The SMILES string of the molecule is O=C(c1ccccc1)N1CCN(C[C@@H]2CCCN2C(=O)CN2CCC[C@H](NS(=O)(=O)c3cc4cc(Cl)ccc4s3)C2=O)CC1. The number of piperidine rings is 1. The molecule has 1 N–H and O–H groups in total. The number of fused-ring (bicyclic) bond motifs is 1. The molecule has 3 fully saturated rings. The van der Waals surface area contributed by atoms with Crippen LogP contribution in [0.5, 0.6) is 0 Å². The summed E-state index contributed by atoms with van der Waals surface area (Å²) in [5, 5.41) is 1.25. The Morgan fingerprint density at radius 3 is 2.45 bits per heavy atom. The summed E-state index contributed by atoms with van der Waals surface area (Å²) in [6.07, 6.45) is 2.78. The van der Waals surface area contributed by atoms with Crippen LogP contribution in [-0.4, -0.2) is 110 Å². The Balaban J connectivity index is 1.02. The number of likely N-dealkylation sites (tertiary alicyclic amines) is 2. The van der Waals surface area contributed by atoms with Crippen molar-refractivity contribution in [1.82, 2.24) is 24.3 Å². The number of rotatable bonds is 8. The summed E-state index contributed by atoms with van der Waals surface area (Å²) in [5.41, 5.74) is 0.696. The number of halogens is 1. The van der Waals surface area contributed by atoms with Crippen molar-refractivity contribution in [3.8, 4) is 0 Å². The summed E-state index contributed by atoms with van der Waals surface area (Å²) in [7, 11) is -3.93. The second-order valence-corrected chi connectivity index (χ2v) is 15.1. The van der Waals surface area contributed by atoms with Gasteiger partial charge in [0.1, 0.15) is 10.3 Å². The zero-order chi connectivity index (χ0) is 30.8. The van der Waals surface area contributed by atoms with Gasteiger partial charge in [0.2, 0.25) is 11.8 Å². The van der Waals surface area contributed by atoms with Crippen LogP contribution in [0.25, 0.3) is 10.1 Å². The van der Waals surface area contributed by atoms with Gasteiger partial charge in [-0.25, -0.2) is 8.42 Å². The Morgan fingerprint density at radius 2 is 1.68 bits per heavy atom. The van der Waals surface area contributed by atoms with E-state index in [1.54, 1.807) is 24.3 Å². The van der Waals surface area contributed by atoms with Crippen LogP contribution >= 0.6 is 22.9 Å². The van der Waals surface area contributed by atoms with Crippen LogP contribution in [0.15, 0.2) is 58.8 Å². The van der Waals surface area contributed by atoms with Crippen molar-refractivity contribution in [2.75, 3.05) is 52.4 Å². The third-order valence-corrected chi connectivity index (χ3v) is 12.0. The van der Waals surface area contributed by atoms with Crippen LogP contribution in [0.1, 0.15) is 36.0 Å². The fourth-order valence-corrected chi connectivity index (χ4v) is 9.18. The van der Waals surface area contributed by atoms with E-state index in [0.29, 0.717) is 49.6 Å². The van der Waals surface area contributed by atoms with E-state index in [9.17, 15) is 22.8 Å².